The fourth-order valence-corrected chi connectivity index (χ4v) is 6.82. The van der Waals surface area contributed by atoms with Gasteiger partial charge in [0.25, 0.3) is 0 Å². The summed E-state index contributed by atoms with van der Waals surface area (Å²) in [5.41, 5.74) is 3.22. The third-order valence-corrected chi connectivity index (χ3v) is 9.83. The molecule has 0 aliphatic carbocycles. The van der Waals surface area contributed by atoms with Crippen LogP contribution in [0.5, 0.6) is 5.75 Å². The summed E-state index contributed by atoms with van der Waals surface area (Å²) in [5.74, 6) is 0.905. The zero-order valence-corrected chi connectivity index (χ0v) is 30.5. The number of nitrogens with one attached hydrogen (secondary N) is 1. The van der Waals surface area contributed by atoms with Gasteiger partial charge in [-0.3, -0.25) is 0 Å². The molecule has 0 saturated carbocycles. The zero-order valence-electron chi connectivity index (χ0n) is 30.5. The molecule has 7 heteroatoms. The lowest BCUT2D eigenvalue weighted by molar-refractivity contribution is -0.890. The van der Waals surface area contributed by atoms with E-state index >= 15 is 0 Å². The summed E-state index contributed by atoms with van der Waals surface area (Å²) < 4.78 is 18.3. The molecule has 4 rings (SSSR count). The first-order chi connectivity index (χ1) is 23.9. The van der Waals surface area contributed by atoms with Gasteiger partial charge in [-0.15, -0.1) is 0 Å². The predicted molar refractivity (Wildman–Crippen MR) is 200 cm³/mol. The highest BCUT2D eigenvalue weighted by Gasteiger charge is 2.24. The summed E-state index contributed by atoms with van der Waals surface area (Å²) in [6, 6.07) is 28.0. The Morgan fingerprint density at radius 3 is 1.94 bits per heavy atom. The van der Waals surface area contributed by atoms with Crippen molar-refractivity contribution in [2.45, 2.75) is 89.4 Å². The number of nitrogens with zero attached hydrogens (tertiary/aromatic N) is 2. The molecular formula is C42H62N3O4+. The van der Waals surface area contributed by atoms with Gasteiger partial charge in [-0.25, -0.2) is 4.79 Å². The van der Waals surface area contributed by atoms with E-state index in [0.717, 1.165) is 72.4 Å². The first-order valence-electron chi connectivity index (χ1n) is 18.7. The van der Waals surface area contributed by atoms with Gasteiger partial charge in [0.1, 0.15) is 11.9 Å². The summed E-state index contributed by atoms with van der Waals surface area (Å²) in [5, 5.41) is 3.12. The van der Waals surface area contributed by atoms with Gasteiger partial charge in [0.05, 0.1) is 46.9 Å². The van der Waals surface area contributed by atoms with E-state index in [9.17, 15) is 4.79 Å². The minimum absolute atomic E-state index is 0.0195. The van der Waals surface area contributed by atoms with Crippen molar-refractivity contribution in [3.63, 3.8) is 0 Å². The Labute approximate surface area is 296 Å². The Morgan fingerprint density at radius 1 is 0.755 bits per heavy atom. The second kappa shape index (κ2) is 21.6. The monoisotopic (exact) mass is 672 g/mol. The van der Waals surface area contributed by atoms with Crippen LogP contribution in [0.4, 0.5) is 4.79 Å². The number of hydrogen-bond donors (Lipinski definition) is 1. The smallest absolute Gasteiger partial charge is 0.408 e. The maximum absolute atomic E-state index is 12.9. The number of quaternary nitrogens is 1. The molecule has 0 bridgehead atoms. The highest BCUT2D eigenvalue weighted by atomic mass is 16.6. The number of ether oxygens (including phenoxy) is 3. The Balaban J connectivity index is 0.977. The molecule has 1 N–H and O–H groups in total. The number of piperidine rings is 1. The number of carbonyl (C=O) groups is 1. The molecule has 3 aromatic carbocycles. The van der Waals surface area contributed by atoms with Crippen LogP contribution in [0, 0.1) is 0 Å². The van der Waals surface area contributed by atoms with Gasteiger partial charge in [0.15, 0.2) is 0 Å². The topological polar surface area (TPSA) is 60.0 Å². The first kappa shape index (κ1) is 38.4. The summed E-state index contributed by atoms with van der Waals surface area (Å²) in [7, 11) is 6.49. The largest absolute Gasteiger partial charge is 0.496 e. The SMILES string of the molecule is COc1ccccc1COCCCCCC[N+](C)(C)CCCCCCCN1CCC(OC(=O)NC(c2ccccc2)c2ccccc2)CC1. The summed E-state index contributed by atoms with van der Waals surface area (Å²) in [4.78, 5) is 15.5. The van der Waals surface area contributed by atoms with Gasteiger partial charge in [-0.05, 0) is 75.1 Å². The molecule has 1 fully saturated rings. The maximum atomic E-state index is 12.9. The number of alkyl carbamates (subject to hydrolysis) is 1. The molecule has 1 aliphatic heterocycles. The molecule has 7 nitrogen and oxygen atoms in total. The van der Waals surface area contributed by atoms with E-state index in [1.165, 1.54) is 64.5 Å². The van der Waals surface area contributed by atoms with Crippen LogP contribution < -0.4 is 10.1 Å². The number of methoxy groups -OCH3 is 1. The average molecular weight is 673 g/mol. The number of rotatable bonds is 22. The van der Waals surface area contributed by atoms with Crippen LogP contribution in [0.3, 0.4) is 0 Å². The molecule has 0 aromatic heterocycles. The second-order valence-electron chi connectivity index (χ2n) is 14.3. The van der Waals surface area contributed by atoms with E-state index in [1.807, 2.05) is 78.9 Å². The summed E-state index contributed by atoms with van der Waals surface area (Å²) in [6.07, 6.45) is 12.9. The summed E-state index contributed by atoms with van der Waals surface area (Å²) in [6.45, 7) is 7.10. The van der Waals surface area contributed by atoms with Crippen molar-refractivity contribution in [1.29, 1.82) is 0 Å². The van der Waals surface area contributed by atoms with Crippen molar-refractivity contribution in [3.05, 3.63) is 102 Å². The van der Waals surface area contributed by atoms with E-state index in [1.54, 1.807) is 7.11 Å². The molecule has 3 aromatic rings. The third-order valence-electron chi connectivity index (χ3n) is 9.83. The van der Waals surface area contributed by atoms with Crippen LogP contribution in [0.25, 0.3) is 0 Å². The predicted octanol–water partition coefficient (Wildman–Crippen LogP) is 8.78. The number of para-hydroxylation sites is 1. The molecule has 268 valence electrons. The third kappa shape index (κ3) is 14.5. The maximum Gasteiger partial charge on any atom is 0.408 e. The van der Waals surface area contributed by atoms with Gasteiger partial charge in [0.2, 0.25) is 0 Å². The van der Waals surface area contributed by atoms with E-state index < -0.39 is 0 Å². The molecule has 0 unspecified atom stereocenters. The highest BCUT2D eigenvalue weighted by Crippen LogP contribution is 2.23. The Morgan fingerprint density at radius 2 is 1.31 bits per heavy atom. The van der Waals surface area contributed by atoms with Crippen LogP contribution in [0.1, 0.15) is 93.4 Å². The van der Waals surface area contributed by atoms with E-state index in [4.69, 9.17) is 14.2 Å². The molecule has 49 heavy (non-hydrogen) atoms. The van der Waals surface area contributed by atoms with Crippen molar-refractivity contribution in [1.82, 2.24) is 10.2 Å². The molecule has 0 spiro atoms. The molecular weight excluding hydrogens is 610 g/mol. The lowest BCUT2D eigenvalue weighted by Gasteiger charge is -2.32. The molecule has 0 radical (unpaired) electrons. The van der Waals surface area contributed by atoms with Crippen molar-refractivity contribution < 1.29 is 23.5 Å². The van der Waals surface area contributed by atoms with Crippen molar-refractivity contribution >= 4 is 6.09 Å². The second-order valence-corrected chi connectivity index (χ2v) is 14.3. The van der Waals surface area contributed by atoms with Gasteiger partial charge < -0.3 is 28.9 Å². The molecule has 1 aliphatic rings. The number of likely N-dealkylation sites (tertiary alicyclic amines) is 1. The number of benzene rings is 3. The minimum Gasteiger partial charge on any atom is -0.496 e. The van der Waals surface area contributed by atoms with Crippen LogP contribution in [-0.2, 0) is 16.1 Å². The normalized spacial score (nSPS) is 14.2. The van der Waals surface area contributed by atoms with Gasteiger partial charge >= 0.3 is 6.09 Å². The Kier molecular flexibility index (Phi) is 17.0. The number of carbonyl (C=O) groups excluding carboxylic acids is 1. The standard InChI is InChI=1S/C42H61N3O4/c1-45(2,33-19-7-8-20-34-48-35-38-25-15-16-26-40(38)47-3)32-18-6-4-5-17-29-44-30-27-39(28-31-44)49-42(46)43-41(36-21-11-9-12-22-36)37-23-13-10-14-24-37/h9-16,21-26,39,41H,4-8,17-20,27-35H2,1-3H3/p+1. The minimum atomic E-state index is -0.333. The van der Waals surface area contributed by atoms with Crippen molar-refractivity contribution in [2.75, 3.05) is 60.5 Å². The van der Waals surface area contributed by atoms with Crippen LogP contribution in [-0.4, -0.2) is 82.1 Å². The van der Waals surface area contributed by atoms with Crippen LogP contribution in [0.15, 0.2) is 84.9 Å². The van der Waals surface area contributed by atoms with E-state index in [2.05, 4.69) is 30.4 Å². The van der Waals surface area contributed by atoms with Gasteiger partial charge in [-0.1, -0.05) is 98.1 Å². The fraction of sp³-hybridized carbons (Fsp3) is 0.548. The highest BCUT2D eigenvalue weighted by molar-refractivity contribution is 5.69. The number of amides is 1. The lowest BCUT2D eigenvalue weighted by Crippen LogP contribution is -2.41. The fourth-order valence-electron chi connectivity index (χ4n) is 6.82. The van der Waals surface area contributed by atoms with Crippen LogP contribution >= 0.6 is 0 Å². The quantitative estimate of drug-likeness (QED) is 0.0854. The molecule has 1 saturated heterocycles. The zero-order chi connectivity index (χ0) is 34.6. The van der Waals surface area contributed by atoms with Crippen molar-refractivity contribution in [3.8, 4) is 5.75 Å². The first-order valence-corrected chi connectivity index (χ1v) is 18.7. The van der Waals surface area contributed by atoms with Crippen LogP contribution in [0.2, 0.25) is 0 Å². The molecule has 1 amide bonds. The number of unbranched alkanes of at least 4 members (excludes halogenated alkanes) is 7. The average Bonchev–Trinajstić information content (AvgIpc) is 3.13. The van der Waals surface area contributed by atoms with E-state index in [0.29, 0.717) is 6.61 Å². The Bertz CT molecular complexity index is 1270. The summed E-state index contributed by atoms with van der Waals surface area (Å²) >= 11 is 0. The lowest BCUT2D eigenvalue weighted by atomic mass is 9.99. The van der Waals surface area contributed by atoms with Crippen molar-refractivity contribution in [2.24, 2.45) is 0 Å². The molecule has 1 heterocycles. The Hall–Kier alpha value is -3.39. The van der Waals surface area contributed by atoms with E-state index in [-0.39, 0.29) is 18.2 Å². The van der Waals surface area contributed by atoms with Gasteiger partial charge in [-0.2, -0.15) is 0 Å². The van der Waals surface area contributed by atoms with Gasteiger partial charge in [0, 0.05) is 25.3 Å². The molecule has 0 atom stereocenters. The number of hydrogen-bond acceptors (Lipinski definition) is 5.